The lowest BCUT2D eigenvalue weighted by Gasteiger charge is -2.36. The molecule has 1 saturated heterocycles. The van der Waals surface area contributed by atoms with E-state index in [2.05, 4.69) is 63.4 Å². The van der Waals surface area contributed by atoms with E-state index in [-0.39, 0.29) is 0 Å². The molecule has 0 saturated carbocycles. The molecule has 1 unspecified atom stereocenters. The third kappa shape index (κ3) is 4.16. The second kappa shape index (κ2) is 8.93. The molecule has 0 spiro atoms. The number of benzene rings is 2. The van der Waals surface area contributed by atoms with E-state index in [1.165, 1.54) is 36.1 Å². The first-order valence-corrected chi connectivity index (χ1v) is 12.3. The van der Waals surface area contributed by atoms with E-state index < -0.39 is 0 Å². The minimum atomic E-state index is 0.549. The van der Waals surface area contributed by atoms with Crippen molar-refractivity contribution in [3.8, 4) is 22.8 Å². The van der Waals surface area contributed by atoms with Crippen molar-refractivity contribution in [2.45, 2.75) is 45.2 Å². The largest absolute Gasteiger partial charge is 0.367 e. The van der Waals surface area contributed by atoms with E-state index in [1.807, 2.05) is 6.26 Å². The average molecular weight is 436 g/mol. The third-order valence-electron chi connectivity index (χ3n) is 6.34. The second-order valence-corrected chi connectivity index (χ2v) is 9.02. The van der Waals surface area contributed by atoms with E-state index in [1.54, 1.807) is 11.9 Å². The zero-order valence-corrected chi connectivity index (χ0v) is 19.0. The van der Waals surface area contributed by atoms with Crippen molar-refractivity contribution in [2.75, 3.05) is 29.0 Å². The molecular weight excluding hydrogens is 406 g/mol. The Morgan fingerprint density at radius 2 is 2.03 bits per heavy atom. The maximum Gasteiger partial charge on any atom is 0.258 e. The molecule has 0 aliphatic carbocycles. The predicted octanol–water partition coefficient (Wildman–Crippen LogP) is 5.12. The Morgan fingerprint density at radius 3 is 2.90 bits per heavy atom. The molecule has 5 rings (SSSR count). The maximum absolute atomic E-state index is 5.66. The highest BCUT2D eigenvalue weighted by Crippen LogP contribution is 2.36. The van der Waals surface area contributed by atoms with Gasteiger partial charge in [0.25, 0.3) is 5.89 Å². The molecule has 6 nitrogen and oxygen atoms in total. The lowest BCUT2D eigenvalue weighted by atomic mass is 9.98. The van der Waals surface area contributed by atoms with Gasteiger partial charge in [-0.1, -0.05) is 29.2 Å². The van der Waals surface area contributed by atoms with Gasteiger partial charge in [-0.05, 0) is 74.5 Å². The van der Waals surface area contributed by atoms with Crippen LogP contribution in [0.4, 0.5) is 11.4 Å². The van der Waals surface area contributed by atoms with Crippen LogP contribution in [-0.2, 0) is 13.0 Å². The number of anilines is 2. The van der Waals surface area contributed by atoms with Gasteiger partial charge in [-0.3, -0.25) is 0 Å². The highest BCUT2D eigenvalue weighted by atomic mass is 32.2. The number of piperidine rings is 1. The normalized spacial score (nSPS) is 18.6. The van der Waals surface area contributed by atoms with Crippen molar-refractivity contribution in [3.63, 3.8) is 0 Å². The van der Waals surface area contributed by atoms with E-state index >= 15 is 0 Å². The Bertz CT molecular complexity index is 1070. The second-order valence-electron chi connectivity index (χ2n) is 8.41. The van der Waals surface area contributed by atoms with Crippen LogP contribution in [0.3, 0.4) is 0 Å². The summed E-state index contributed by atoms with van der Waals surface area (Å²) in [5, 5.41) is 7.70. The molecule has 2 aliphatic rings. The number of nitrogens with one attached hydrogen (secondary N) is 2. The zero-order chi connectivity index (χ0) is 21.2. The molecule has 1 atom stereocenters. The van der Waals surface area contributed by atoms with Crippen LogP contribution in [0.1, 0.15) is 37.3 Å². The molecule has 2 aliphatic heterocycles. The Hall–Kier alpha value is -2.51. The number of aromatic nitrogens is 2. The summed E-state index contributed by atoms with van der Waals surface area (Å²) in [5.41, 5.74) is 7.00. The minimum Gasteiger partial charge on any atom is -0.367 e. The topological polar surface area (TPSA) is 66.2 Å². The lowest BCUT2D eigenvalue weighted by molar-refractivity contribution is 0.432. The Labute approximate surface area is 187 Å². The molecule has 0 radical (unpaired) electrons. The number of nitrogens with zero attached hydrogens (tertiary/aromatic N) is 3. The Balaban J connectivity index is 1.44. The highest BCUT2D eigenvalue weighted by Gasteiger charge is 2.22. The third-order valence-corrected chi connectivity index (χ3v) is 6.77. The van der Waals surface area contributed by atoms with Crippen LogP contribution in [0.25, 0.3) is 22.8 Å². The summed E-state index contributed by atoms with van der Waals surface area (Å²) in [7, 11) is 0. The van der Waals surface area contributed by atoms with Gasteiger partial charge in [-0.25, -0.2) is 0 Å². The van der Waals surface area contributed by atoms with Gasteiger partial charge >= 0.3 is 0 Å². The van der Waals surface area contributed by atoms with Crippen molar-refractivity contribution in [1.29, 1.82) is 0 Å². The maximum atomic E-state index is 5.66. The predicted molar refractivity (Wildman–Crippen MR) is 128 cm³/mol. The standard InChI is InChI=1S/C24H29N5OS/c1-16-5-3-4-12-29(16)22-9-8-19(14-21(22)28-31-2)24-26-23(27-30-24)18-7-6-17-10-11-25-15-20(17)13-18/h6-9,13-14,16,25,28H,3-5,10-12,15H2,1-2H3. The molecule has 3 aromatic rings. The van der Waals surface area contributed by atoms with Crippen LogP contribution in [0.5, 0.6) is 0 Å². The van der Waals surface area contributed by atoms with Gasteiger partial charge in [0.1, 0.15) is 0 Å². The van der Waals surface area contributed by atoms with Crippen molar-refractivity contribution >= 4 is 23.3 Å². The Kier molecular flexibility index (Phi) is 5.87. The van der Waals surface area contributed by atoms with Gasteiger partial charge in [-0.15, -0.1) is 0 Å². The minimum absolute atomic E-state index is 0.549. The summed E-state index contributed by atoms with van der Waals surface area (Å²) in [6.45, 7) is 5.35. The number of hydrogen-bond acceptors (Lipinski definition) is 7. The number of hydrogen-bond donors (Lipinski definition) is 2. The van der Waals surface area contributed by atoms with Crippen LogP contribution >= 0.6 is 11.9 Å². The summed E-state index contributed by atoms with van der Waals surface area (Å²) in [6.07, 6.45) is 6.91. The monoisotopic (exact) mass is 435 g/mol. The molecule has 3 heterocycles. The first kappa shape index (κ1) is 20.4. The van der Waals surface area contributed by atoms with Crippen molar-refractivity contribution in [3.05, 3.63) is 47.5 Å². The van der Waals surface area contributed by atoms with Gasteiger partial charge in [0.2, 0.25) is 5.82 Å². The summed E-state index contributed by atoms with van der Waals surface area (Å²) < 4.78 is 9.12. The lowest BCUT2D eigenvalue weighted by Crippen LogP contribution is -2.37. The molecule has 31 heavy (non-hydrogen) atoms. The SMILES string of the molecule is CSNc1cc(-c2nc(-c3ccc4c(c3)CNCC4)no2)ccc1N1CCCCC1C. The summed E-state index contributed by atoms with van der Waals surface area (Å²) in [5.74, 6) is 1.18. The molecule has 162 valence electrons. The number of rotatable bonds is 5. The van der Waals surface area contributed by atoms with E-state index in [9.17, 15) is 0 Å². The molecule has 0 bridgehead atoms. The summed E-state index contributed by atoms with van der Waals surface area (Å²) in [6, 6.07) is 13.4. The van der Waals surface area contributed by atoms with Crippen LogP contribution in [0.2, 0.25) is 0 Å². The first-order valence-electron chi connectivity index (χ1n) is 11.1. The van der Waals surface area contributed by atoms with Gasteiger partial charge in [0.05, 0.1) is 11.4 Å². The fraction of sp³-hybridized carbons (Fsp3) is 0.417. The van der Waals surface area contributed by atoms with E-state index in [0.717, 1.165) is 42.9 Å². The molecular formula is C24H29N5OS. The van der Waals surface area contributed by atoms with E-state index in [4.69, 9.17) is 9.51 Å². The van der Waals surface area contributed by atoms with Crippen molar-refractivity contribution in [1.82, 2.24) is 15.5 Å². The van der Waals surface area contributed by atoms with Gasteiger partial charge < -0.3 is 19.5 Å². The zero-order valence-electron chi connectivity index (χ0n) is 18.1. The summed E-state index contributed by atoms with van der Waals surface area (Å²) in [4.78, 5) is 7.22. The Morgan fingerprint density at radius 1 is 1.13 bits per heavy atom. The fourth-order valence-corrected chi connectivity index (χ4v) is 5.03. The van der Waals surface area contributed by atoms with Crippen LogP contribution in [0, 0.1) is 0 Å². The van der Waals surface area contributed by atoms with Gasteiger partial charge in [-0.2, -0.15) is 4.98 Å². The van der Waals surface area contributed by atoms with E-state index in [0.29, 0.717) is 17.8 Å². The summed E-state index contributed by atoms with van der Waals surface area (Å²) >= 11 is 1.60. The molecule has 2 aromatic carbocycles. The van der Waals surface area contributed by atoms with Crippen LogP contribution in [0.15, 0.2) is 40.9 Å². The highest BCUT2D eigenvalue weighted by molar-refractivity contribution is 7.99. The van der Waals surface area contributed by atoms with Crippen molar-refractivity contribution in [2.24, 2.45) is 0 Å². The quantitative estimate of drug-likeness (QED) is 0.539. The van der Waals surface area contributed by atoms with Crippen LogP contribution in [-0.4, -0.2) is 35.5 Å². The fourth-order valence-electron chi connectivity index (χ4n) is 4.64. The van der Waals surface area contributed by atoms with Crippen LogP contribution < -0.4 is 14.9 Å². The molecule has 2 N–H and O–H groups in total. The van der Waals surface area contributed by atoms with Gasteiger partial charge in [0.15, 0.2) is 0 Å². The molecule has 7 heteroatoms. The molecule has 0 amide bonds. The first-order chi connectivity index (χ1) is 15.2. The van der Waals surface area contributed by atoms with Crippen molar-refractivity contribution < 1.29 is 4.52 Å². The molecule has 1 fully saturated rings. The number of fused-ring (bicyclic) bond motifs is 1. The molecule has 1 aromatic heterocycles. The average Bonchev–Trinajstić information content (AvgIpc) is 3.30. The van der Waals surface area contributed by atoms with Gasteiger partial charge in [0, 0.05) is 36.5 Å². The smallest absolute Gasteiger partial charge is 0.258 e.